The molecule has 0 bridgehead atoms. The number of thiazole rings is 1. The summed E-state index contributed by atoms with van der Waals surface area (Å²) in [7, 11) is 0. The molecule has 0 radical (unpaired) electrons. The number of carbonyl (C=O) groups is 1. The number of hydrogen-bond acceptors (Lipinski definition) is 8. The van der Waals surface area contributed by atoms with Crippen molar-refractivity contribution in [3.63, 3.8) is 0 Å². The smallest absolute Gasteiger partial charge is 0.257 e. The van der Waals surface area contributed by atoms with Crippen LogP contribution < -0.4 is 14.8 Å². The van der Waals surface area contributed by atoms with Gasteiger partial charge in [0, 0.05) is 12.1 Å². The molecule has 27 heavy (non-hydrogen) atoms. The number of hydrogen-bond donors (Lipinski definition) is 1. The minimum absolute atomic E-state index is 0.168. The maximum Gasteiger partial charge on any atom is 0.257 e. The van der Waals surface area contributed by atoms with Gasteiger partial charge in [0.05, 0.1) is 16.0 Å². The van der Waals surface area contributed by atoms with Crippen molar-refractivity contribution in [1.82, 2.24) is 9.97 Å². The van der Waals surface area contributed by atoms with Gasteiger partial charge in [0.2, 0.25) is 5.91 Å². The molecule has 2 aromatic heterocycles. The number of benzene rings is 2. The number of thioether (sulfide) groups is 1. The Labute approximate surface area is 161 Å². The van der Waals surface area contributed by atoms with Gasteiger partial charge in [0.1, 0.15) is 18.7 Å². The van der Waals surface area contributed by atoms with Crippen molar-refractivity contribution < 1.29 is 18.7 Å². The number of oxazole rings is 1. The van der Waals surface area contributed by atoms with E-state index >= 15 is 0 Å². The van der Waals surface area contributed by atoms with E-state index in [0.29, 0.717) is 40.7 Å². The molecule has 136 valence electrons. The Hall–Kier alpha value is -2.78. The zero-order valence-corrected chi connectivity index (χ0v) is 15.6. The van der Waals surface area contributed by atoms with Gasteiger partial charge in [-0.05, 0) is 12.1 Å². The molecular weight excluding hydrogens is 386 g/mol. The molecule has 0 atom stereocenters. The number of nitrogens with one attached hydrogen (secondary N) is 1. The molecule has 5 rings (SSSR count). The number of nitrogens with zero attached hydrogens (tertiary/aromatic N) is 2. The van der Waals surface area contributed by atoms with Crippen LogP contribution in [0.25, 0.3) is 21.3 Å². The quantitative estimate of drug-likeness (QED) is 0.520. The van der Waals surface area contributed by atoms with Gasteiger partial charge in [-0.25, -0.2) is 9.97 Å². The number of carbonyl (C=O) groups excluding carboxylic acids is 1. The highest BCUT2D eigenvalue weighted by molar-refractivity contribution is 7.99. The fourth-order valence-electron chi connectivity index (χ4n) is 2.71. The summed E-state index contributed by atoms with van der Waals surface area (Å²) in [5, 5.41) is 3.83. The van der Waals surface area contributed by atoms with Crippen LogP contribution in [0.5, 0.6) is 11.5 Å². The van der Waals surface area contributed by atoms with Gasteiger partial charge in [-0.1, -0.05) is 35.2 Å². The molecule has 0 fully saturated rings. The maximum absolute atomic E-state index is 12.2. The number of para-hydroxylation sites is 2. The summed E-state index contributed by atoms with van der Waals surface area (Å²) in [5.41, 5.74) is 2.26. The maximum atomic E-state index is 12.2. The fourth-order valence-corrected chi connectivity index (χ4v) is 4.24. The third-order valence-corrected chi connectivity index (χ3v) is 5.66. The first-order valence-corrected chi connectivity index (χ1v) is 10.0. The Bertz CT molecular complexity index is 1080. The van der Waals surface area contributed by atoms with Crippen LogP contribution in [-0.2, 0) is 4.79 Å². The van der Waals surface area contributed by atoms with Crippen LogP contribution in [-0.4, -0.2) is 34.8 Å². The minimum atomic E-state index is -0.168. The highest BCUT2D eigenvalue weighted by Gasteiger charge is 2.16. The summed E-state index contributed by atoms with van der Waals surface area (Å²) in [6, 6.07) is 11.2. The lowest BCUT2D eigenvalue weighted by atomic mass is 10.3. The minimum Gasteiger partial charge on any atom is -0.486 e. The van der Waals surface area contributed by atoms with E-state index in [4.69, 9.17) is 13.9 Å². The van der Waals surface area contributed by atoms with Gasteiger partial charge >= 0.3 is 0 Å². The van der Waals surface area contributed by atoms with E-state index in [9.17, 15) is 4.79 Å². The van der Waals surface area contributed by atoms with Gasteiger partial charge in [0.25, 0.3) is 5.22 Å². The van der Waals surface area contributed by atoms with Crippen molar-refractivity contribution in [3.05, 3.63) is 36.4 Å². The van der Waals surface area contributed by atoms with Crippen molar-refractivity contribution >= 4 is 55.5 Å². The summed E-state index contributed by atoms with van der Waals surface area (Å²) >= 11 is 2.64. The summed E-state index contributed by atoms with van der Waals surface area (Å²) in [4.78, 5) is 21.0. The summed E-state index contributed by atoms with van der Waals surface area (Å²) < 4.78 is 17.7. The average Bonchev–Trinajstić information content (AvgIpc) is 3.26. The molecule has 0 saturated carbocycles. The first kappa shape index (κ1) is 16.4. The highest BCUT2D eigenvalue weighted by atomic mass is 32.2. The van der Waals surface area contributed by atoms with E-state index in [2.05, 4.69) is 15.3 Å². The van der Waals surface area contributed by atoms with Gasteiger partial charge in [0.15, 0.2) is 22.2 Å². The zero-order chi connectivity index (χ0) is 18.2. The van der Waals surface area contributed by atoms with E-state index in [1.807, 2.05) is 36.4 Å². The topological polar surface area (TPSA) is 86.5 Å². The molecule has 1 aliphatic rings. The van der Waals surface area contributed by atoms with E-state index in [-0.39, 0.29) is 11.7 Å². The molecule has 4 aromatic rings. The number of fused-ring (bicyclic) bond motifs is 3. The molecule has 1 N–H and O–H groups in total. The zero-order valence-electron chi connectivity index (χ0n) is 13.9. The Morgan fingerprint density at radius 1 is 1.11 bits per heavy atom. The Balaban J connectivity index is 1.27. The molecule has 2 aromatic carbocycles. The second-order valence-electron chi connectivity index (χ2n) is 5.77. The van der Waals surface area contributed by atoms with Gasteiger partial charge in [-0.2, -0.15) is 0 Å². The van der Waals surface area contributed by atoms with Gasteiger partial charge < -0.3 is 19.2 Å². The number of aromatic nitrogens is 2. The molecular formula is C18H13N3O4S2. The second kappa shape index (κ2) is 6.75. The fraction of sp³-hybridized carbons (Fsp3) is 0.167. The third-order valence-electron chi connectivity index (χ3n) is 3.90. The summed E-state index contributed by atoms with van der Waals surface area (Å²) in [6.07, 6.45) is 0. The number of rotatable bonds is 4. The monoisotopic (exact) mass is 399 g/mol. The van der Waals surface area contributed by atoms with Crippen molar-refractivity contribution in [2.24, 2.45) is 0 Å². The van der Waals surface area contributed by atoms with Crippen LogP contribution in [0.3, 0.4) is 0 Å². The van der Waals surface area contributed by atoms with Crippen LogP contribution in [0.2, 0.25) is 0 Å². The first-order valence-electron chi connectivity index (χ1n) is 8.23. The predicted molar refractivity (Wildman–Crippen MR) is 104 cm³/mol. The largest absolute Gasteiger partial charge is 0.486 e. The average molecular weight is 399 g/mol. The Kier molecular flexibility index (Phi) is 4.10. The van der Waals surface area contributed by atoms with E-state index in [1.54, 1.807) is 0 Å². The SMILES string of the molecule is O=C(CSc1nc2ccccc2o1)Nc1nc2cc3c(cc2s1)OCCO3. The lowest BCUT2D eigenvalue weighted by Crippen LogP contribution is -2.15. The van der Waals surface area contributed by atoms with Crippen LogP contribution in [0.4, 0.5) is 5.13 Å². The molecule has 0 aliphatic carbocycles. The Morgan fingerprint density at radius 3 is 2.78 bits per heavy atom. The molecule has 0 saturated heterocycles. The van der Waals surface area contributed by atoms with E-state index in [0.717, 1.165) is 15.7 Å². The number of amides is 1. The van der Waals surface area contributed by atoms with Gasteiger partial charge in [-0.3, -0.25) is 4.79 Å². The summed E-state index contributed by atoms with van der Waals surface area (Å²) in [6.45, 7) is 1.06. The van der Waals surface area contributed by atoms with Gasteiger partial charge in [-0.15, -0.1) is 0 Å². The highest BCUT2D eigenvalue weighted by Crippen LogP contribution is 2.37. The molecule has 1 amide bonds. The number of ether oxygens (including phenoxy) is 2. The molecule has 7 nitrogen and oxygen atoms in total. The molecule has 0 unspecified atom stereocenters. The van der Waals surface area contributed by atoms with Crippen LogP contribution >= 0.6 is 23.1 Å². The number of anilines is 1. The molecule has 1 aliphatic heterocycles. The third kappa shape index (κ3) is 3.31. The van der Waals surface area contributed by atoms with Crippen LogP contribution in [0, 0.1) is 0 Å². The van der Waals surface area contributed by atoms with Crippen molar-refractivity contribution in [3.8, 4) is 11.5 Å². The van der Waals surface area contributed by atoms with Crippen molar-refractivity contribution in [1.29, 1.82) is 0 Å². The molecule has 0 spiro atoms. The lowest BCUT2D eigenvalue weighted by molar-refractivity contribution is -0.113. The normalized spacial score (nSPS) is 13.2. The molecule has 9 heteroatoms. The second-order valence-corrected chi connectivity index (χ2v) is 7.72. The lowest BCUT2D eigenvalue weighted by Gasteiger charge is -2.17. The van der Waals surface area contributed by atoms with Crippen molar-refractivity contribution in [2.45, 2.75) is 5.22 Å². The van der Waals surface area contributed by atoms with Crippen LogP contribution in [0.15, 0.2) is 46.0 Å². The standard InChI is InChI=1S/C18H13N3O4S2/c22-16(9-26-18-20-10-3-1-2-4-12(10)25-18)21-17-19-11-7-13-14(8-15(11)27-17)24-6-5-23-13/h1-4,7-8H,5-6,9H2,(H,19,21,22). The first-order chi connectivity index (χ1) is 13.2. The Morgan fingerprint density at radius 2 is 1.93 bits per heavy atom. The van der Waals surface area contributed by atoms with E-state index < -0.39 is 0 Å². The van der Waals surface area contributed by atoms with E-state index in [1.165, 1.54) is 23.1 Å². The predicted octanol–water partition coefficient (Wildman–Crippen LogP) is 3.94. The van der Waals surface area contributed by atoms with Crippen molar-refractivity contribution in [2.75, 3.05) is 24.3 Å². The van der Waals surface area contributed by atoms with Crippen LogP contribution in [0.1, 0.15) is 0 Å². The molecule has 3 heterocycles. The summed E-state index contributed by atoms with van der Waals surface area (Å²) in [5.74, 6) is 1.41.